The van der Waals surface area contributed by atoms with Crippen LogP contribution >= 0.6 is 0 Å². The lowest BCUT2D eigenvalue weighted by atomic mass is 10.1. The Kier molecular flexibility index (Phi) is 5.59. The van der Waals surface area contributed by atoms with Crippen molar-refractivity contribution in [3.63, 3.8) is 0 Å². The summed E-state index contributed by atoms with van der Waals surface area (Å²) in [7, 11) is 1.64. The van der Waals surface area contributed by atoms with Crippen molar-refractivity contribution in [2.45, 2.75) is 47.1 Å². The Labute approximate surface area is 181 Å². The number of ether oxygens (including phenoxy) is 1. The van der Waals surface area contributed by atoms with Crippen LogP contribution in [0.4, 0.5) is 0 Å². The molecule has 31 heavy (non-hydrogen) atoms. The van der Waals surface area contributed by atoms with Gasteiger partial charge in [0, 0.05) is 30.0 Å². The van der Waals surface area contributed by atoms with Gasteiger partial charge >= 0.3 is 0 Å². The topological polar surface area (TPSA) is 81.4 Å². The molecule has 0 saturated heterocycles. The summed E-state index contributed by atoms with van der Waals surface area (Å²) < 4.78 is 7.03. The van der Waals surface area contributed by atoms with Crippen LogP contribution in [0.15, 0.2) is 30.3 Å². The smallest absolute Gasteiger partial charge is 0.220 e. The average Bonchev–Trinajstić information content (AvgIpc) is 3.11. The Morgan fingerprint density at radius 3 is 2.55 bits per heavy atom. The van der Waals surface area contributed by atoms with Gasteiger partial charge in [0.05, 0.1) is 12.5 Å². The van der Waals surface area contributed by atoms with Crippen LogP contribution in [0.5, 0.6) is 5.75 Å². The van der Waals surface area contributed by atoms with Crippen molar-refractivity contribution in [1.29, 1.82) is 0 Å². The summed E-state index contributed by atoms with van der Waals surface area (Å²) in [5.41, 5.74) is 7.60. The second-order valence-corrected chi connectivity index (χ2v) is 7.90. The molecule has 0 aliphatic rings. The molecule has 1 amide bonds. The Balaban J connectivity index is 1.50. The van der Waals surface area contributed by atoms with Gasteiger partial charge < -0.3 is 10.1 Å². The third-order valence-electron chi connectivity index (χ3n) is 5.66. The van der Waals surface area contributed by atoms with E-state index in [1.54, 1.807) is 7.11 Å². The highest BCUT2D eigenvalue weighted by Crippen LogP contribution is 2.25. The highest BCUT2D eigenvalue weighted by molar-refractivity contribution is 5.93. The van der Waals surface area contributed by atoms with E-state index in [2.05, 4.69) is 28.4 Å². The lowest BCUT2D eigenvalue weighted by molar-refractivity contribution is -0.121. The van der Waals surface area contributed by atoms with E-state index >= 15 is 0 Å². The van der Waals surface area contributed by atoms with Gasteiger partial charge in [-0.1, -0.05) is 12.1 Å². The van der Waals surface area contributed by atoms with Crippen LogP contribution in [0.3, 0.4) is 0 Å². The SMILES string of the molecule is COc1ccc(CNC(=O)CCc2c(C)nc3c4c(C)cc(C)nc4nn3c2C)cc1. The fraction of sp³-hybridized carbons (Fsp3) is 0.333. The molecule has 1 aromatic carbocycles. The quantitative estimate of drug-likeness (QED) is 0.516. The van der Waals surface area contributed by atoms with Gasteiger partial charge in [0.2, 0.25) is 5.91 Å². The molecule has 7 nitrogen and oxygen atoms in total. The van der Waals surface area contributed by atoms with Crippen molar-refractivity contribution >= 4 is 22.6 Å². The molecule has 7 heteroatoms. The molecule has 0 unspecified atom stereocenters. The third-order valence-corrected chi connectivity index (χ3v) is 5.66. The van der Waals surface area contributed by atoms with Gasteiger partial charge in [-0.25, -0.2) is 14.5 Å². The highest BCUT2D eigenvalue weighted by Gasteiger charge is 2.17. The summed E-state index contributed by atoms with van der Waals surface area (Å²) in [6, 6.07) is 9.73. The number of pyridine rings is 1. The molecule has 160 valence electrons. The Morgan fingerprint density at radius 1 is 1.10 bits per heavy atom. The summed E-state index contributed by atoms with van der Waals surface area (Å²) in [5, 5.41) is 8.66. The maximum Gasteiger partial charge on any atom is 0.220 e. The number of hydrogen-bond donors (Lipinski definition) is 1. The first-order chi connectivity index (χ1) is 14.9. The zero-order valence-electron chi connectivity index (χ0n) is 18.6. The van der Waals surface area contributed by atoms with E-state index in [9.17, 15) is 4.79 Å². The molecule has 4 aromatic rings. The average molecular weight is 418 g/mol. The Hall–Kier alpha value is -3.48. The number of carbonyl (C=O) groups is 1. The minimum atomic E-state index is 0.00785. The number of rotatable bonds is 6. The van der Waals surface area contributed by atoms with Crippen molar-refractivity contribution in [3.8, 4) is 5.75 Å². The number of methoxy groups -OCH3 is 1. The van der Waals surface area contributed by atoms with E-state index in [1.165, 1.54) is 0 Å². The normalized spacial score (nSPS) is 11.3. The van der Waals surface area contributed by atoms with Crippen LogP contribution < -0.4 is 10.1 Å². The number of nitrogens with one attached hydrogen (secondary N) is 1. The number of aromatic nitrogens is 4. The molecular weight excluding hydrogens is 390 g/mol. The van der Waals surface area contributed by atoms with Gasteiger partial charge in [-0.05, 0) is 69.0 Å². The third kappa shape index (κ3) is 4.08. The first-order valence-corrected chi connectivity index (χ1v) is 10.4. The van der Waals surface area contributed by atoms with Crippen LogP contribution in [0, 0.1) is 27.7 Å². The standard InChI is InChI=1S/C24H27N5O2/c1-14-12-15(2)26-23-22(14)24-27-16(3)20(17(4)29(24)28-23)10-11-21(30)25-13-18-6-8-19(31-5)9-7-18/h6-9,12H,10-11,13H2,1-5H3,(H,25,30). The van der Waals surface area contributed by atoms with Crippen LogP contribution in [0.1, 0.15) is 40.2 Å². The van der Waals surface area contributed by atoms with Crippen molar-refractivity contribution in [2.24, 2.45) is 0 Å². The summed E-state index contributed by atoms with van der Waals surface area (Å²) in [5.74, 6) is 0.809. The zero-order valence-corrected chi connectivity index (χ0v) is 18.6. The zero-order chi connectivity index (χ0) is 22.1. The van der Waals surface area contributed by atoms with Crippen LogP contribution in [-0.2, 0) is 17.8 Å². The van der Waals surface area contributed by atoms with Gasteiger partial charge in [-0.3, -0.25) is 4.79 Å². The summed E-state index contributed by atoms with van der Waals surface area (Å²) in [4.78, 5) is 21.8. The first-order valence-electron chi connectivity index (χ1n) is 10.4. The van der Waals surface area contributed by atoms with Gasteiger partial charge in [0.15, 0.2) is 11.3 Å². The van der Waals surface area contributed by atoms with Gasteiger partial charge in [0.1, 0.15) is 5.75 Å². The number of carbonyl (C=O) groups excluding carboxylic acids is 1. The molecule has 1 N–H and O–H groups in total. The molecule has 0 aliphatic heterocycles. The van der Waals surface area contributed by atoms with E-state index in [-0.39, 0.29) is 5.91 Å². The number of hydrogen-bond acceptors (Lipinski definition) is 5. The van der Waals surface area contributed by atoms with Gasteiger partial charge in [0.25, 0.3) is 0 Å². The molecular formula is C24H27N5O2. The van der Waals surface area contributed by atoms with Crippen molar-refractivity contribution in [2.75, 3.05) is 7.11 Å². The molecule has 0 spiro atoms. The number of benzene rings is 1. The lowest BCUT2D eigenvalue weighted by Gasteiger charge is -2.11. The van der Waals surface area contributed by atoms with Crippen LogP contribution in [-0.4, -0.2) is 32.6 Å². The maximum atomic E-state index is 12.4. The van der Waals surface area contributed by atoms with E-state index in [0.29, 0.717) is 25.0 Å². The number of nitrogens with zero attached hydrogens (tertiary/aromatic N) is 4. The van der Waals surface area contributed by atoms with Crippen molar-refractivity contribution < 1.29 is 9.53 Å². The van der Waals surface area contributed by atoms with Gasteiger partial charge in [-0.2, -0.15) is 0 Å². The monoisotopic (exact) mass is 417 g/mol. The Bertz CT molecular complexity index is 1280. The Morgan fingerprint density at radius 2 is 1.84 bits per heavy atom. The largest absolute Gasteiger partial charge is 0.497 e. The number of aryl methyl sites for hydroxylation is 4. The maximum absolute atomic E-state index is 12.4. The minimum Gasteiger partial charge on any atom is -0.497 e. The molecule has 0 bridgehead atoms. The van der Waals surface area contributed by atoms with E-state index < -0.39 is 0 Å². The second kappa shape index (κ2) is 8.34. The molecule has 3 aromatic heterocycles. The summed E-state index contributed by atoms with van der Waals surface area (Å²) >= 11 is 0. The second-order valence-electron chi connectivity index (χ2n) is 7.90. The highest BCUT2D eigenvalue weighted by atomic mass is 16.5. The van der Waals surface area contributed by atoms with E-state index in [4.69, 9.17) is 9.72 Å². The molecule has 3 heterocycles. The molecule has 0 saturated carbocycles. The lowest BCUT2D eigenvalue weighted by Crippen LogP contribution is -2.23. The van der Waals surface area contributed by atoms with Gasteiger partial charge in [-0.15, -0.1) is 5.10 Å². The number of fused-ring (bicyclic) bond motifs is 3. The predicted octanol–water partition coefficient (Wildman–Crippen LogP) is 3.77. The minimum absolute atomic E-state index is 0.00785. The summed E-state index contributed by atoms with van der Waals surface area (Å²) in [6.07, 6.45) is 0.999. The van der Waals surface area contributed by atoms with Crippen LogP contribution in [0.2, 0.25) is 0 Å². The van der Waals surface area contributed by atoms with Crippen molar-refractivity contribution in [3.05, 3.63) is 64.1 Å². The molecule has 0 atom stereocenters. The molecule has 0 radical (unpaired) electrons. The fourth-order valence-corrected chi connectivity index (χ4v) is 4.00. The number of amides is 1. The molecule has 4 rings (SSSR count). The summed E-state index contributed by atoms with van der Waals surface area (Å²) in [6.45, 7) is 8.55. The molecule has 0 aliphatic carbocycles. The first kappa shape index (κ1) is 20.8. The van der Waals surface area contributed by atoms with Crippen molar-refractivity contribution in [1.82, 2.24) is 24.9 Å². The van der Waals surface area contributed by atoms with Crippen LogP contribution in [0.25, 0.3) is 16.7 Å². The van der Waals surface area contributed by atoms with E-state index in [0.717, 1.165) is 50.6 Å². The molecule has 0 fully saturated rings. The predicted molar refractivity (Wildman–Crippen MR) is 120 cm³/mol. The fourth-order valence-electron chi connectivity index (χ4n) is 4.00. The van der Waals surface area contributed by atoms with E-state index in [1.807, 2.05) is 49.6 Å².